The lowest BCUT2D eigenvalue weighted by Crippen LogP contribution is -2.11. The van der Waals surface area contributed by atoms with Gasteiger partial charge in [-0.2, -0.15) is 0 Å². The van der Waals surface area contributed by atoms with Gasteiger partial charge in [-0.1, -0.05) is 25.9 Å². The topological polar surface area (TPSA) is 26.0 Å². The minimum absolute atomic E-state index is 0.0903. The first kappa shape index (κ1) is 10.2. The highest BCUT2D eigenvalue weighted by Gasteiger charge is 2.27. The second-order valence-electron chi connectivity index (χ2n) is 4.80. The molecule has 0 bridgehead atoms. The van der Waals surface area contributed by atoms with Gasteiger partial charge < -0.3 is 4.52 Å². The van der Waals surface area contributed by atoms with Crippen molar-refractivity contribution >= 4 is 0 Å². The zero-order chi connectivity index (χ0) is 10.3. The molecule has 0 aromatic carbocycles. The molecule has 0 aliphatic rings. The van der Waals surface area contributed by atoms with E-state index in [4.69, 9.17) is 4.52 Å². The number of aromatic nitrogens is 1. The molecule has 2 nitrogen and oxygen atoms in total. The molecule has 0 fully saturated rings. The summed E-state index contributed by atoms with van der Waals surface area (Å²) >= 11 is 0. The summed E-state index contributed by atoms with van der Waals surface area (Å²) in [6, 6.07) is 1.68. The third-order valence-corrected chi connectivity index (χ3v) is 1.86. The van der Waals surface area contributed by atoms with Crippen molar-refractivity contribution in [1.29, 1.82) is 0 Å². The number of hydrogen-bond donors (Lipinski definition) is 0. The number of rotatable bonds is 1. The van der Waals surface area contributed by atoms with Crippen molar-refractivity contribution in [2.45, 2.75) is 45.7 Å². The van der Waals surface area contributed by atoms with Crippen molar-refractivity contribution in [3.8, 4) is 0 Å². The van der Waals surface area contributed by atoms with Gasteiger partial charge in [-0.15, -0.1) is 0 Å². The van der Waals surface area contributed by atoms with Crippen molar-refractivity contribution in [1.82, 2.24) is 5.16 Å². The first-order valence-corrected chi connectivity index (χ1v) is 4.38. The fourth-order valence-electron chi connectivity index (χ4n) is 0.909. The van der Waals surface area contributed by atoms with Gasteiger partial charge >= 0.3 is 0 Å². The van der Waals surface area contributed by atoms with Gasteiger partial charge in [0.1, 0.15) is 0 Å². The molecular formula is C10H16FNO. The summed E-state index contributed by atoms with van der Waals surface area (Å²) in [5.74, 6) is 0.289. The third kappa shape index (κ3) is 2.29. The van der Waals surface area contributed by atoms with Crippen LogP contribution in [-0.4, -0.2) is 5.16 Å². The average Bonchev–Trinajstić information content (AvgIpc) is 2.28. The molecule has 1 aromatic heterocycles. The quantitative estimate of drug-likeness (QED) is 0.671. The Morgan fingerprint density at radius 2 is 1.77 bits per heavy atom. The summed E-state index contributed by atoms with van der Waals surface area (Å²) in [6.07, 6.45) is 0. The molecule has 1 aromatic rings. The standard InChI is InChI=1S/C10H16FNO/c1-9(2,3)7-6-8(13-12-7)10(4,5)11/h6H,1-5H3. The van der Waals surface area contributed by atoms with Crippen LogP contribution in [0.5, 0.6) is 0 Å². The lowest BCUT2D eigenvalue weighted by molar-refractivity contribution is 0.162. The molecule has 3 heteroatoms. The third-order valence-electron chi connectivity index (χ3n) is 1.86. The Balaban J connectivity index is 3.01. The maximum atomic E-state index is 13.4. The highest BCUT2D eigenvalue weighted by atomic mass is 19.1. The van der Waals surface area contributed by atoms with Crippen LogP contribution < -0.4 is 0 Å². The van der Waals surface area contributed by atoms with Gasteiger partial charge in [-0.3, -0.25) is 0 Å². The predicted octanol–water partition coefficient (Wildman–Crippen LogP) is 3.18. The zero-order valence-corrected chi connectivity index (χ0v) is 8.81. The van der Waals surface area contributed by atoms with E-state index in [0.29, 0.717) is 0 Å². The molecule has 0 amide bonds. The Labute approximate surface area is 78.1 Å². The van der Waals surface area contributed by atoms with Crippen LogP contribution in [0.15, 0.2) is 10.6 Å². The summed E-state index contributed by atoms with van der Waals surface area (Å²) in [5, 5.41) is 3.84. The number of nitrogens with zero attached hydrogens (tertiary/aromatic N) is 1. The monoisotopic (exact) mass is 185 g/mol. The maximum Gasteiger partial charge on any atom is 0.173 e. The normalized spacial score (nSPS) is 13.4. The molecule has 0 unspecified atom stereocenters. The van der Waals surface area contributed by atoms with Crippen LogP contribution in [-0.2, 0) is 11.1 Å². The lowest BCUT2D eigenvalue weighted by atomic mass is 9.91. The van der Waals surface area contributed by atoms with Crippen molar-refractivity contribution in [3.05, 3.63) is 17.5 Å². The molecule has 0 saturated carbocycles. The van der Waals surface area contributed by atoms with Crippen molar-refractivity contribution in [2.75, 3.05) is 0 Å². The molecule has 0 aliphatic carbocycles. The van der Waals surface area contributed by atoms with Gasteiger partial charge in [0.25, 0.3) is 0 Å². The Morgan fingerprint density at radius 3 is 2.00 bits per heavy atom. The minimum atomic E-state index is -1.45. The van der Waals surface area contributed by atoms with E-state index < -0.39 is 5.67 Å². The van der Waals surface area contributed by atoms with E-state index in [1.54, 1.807) is 6.07 Å². The van der Waals surface area contributed by atoms with Crippen molar-refractivity contribution < 1.29 is 8.91 Å². The van der Waals surface area contributed by atoms with Crippen LogP contribution in [0.2, 0.25) is 0 Å². The maximum absolute atomic E-state index is 13.4. The van der Waals surface area contributed by atoms with Crippen LogP contribution in [0.25, 0.3) is 0 Å². The van der Waals surface area contributed by atoms with E-state index in [0.717, 1.165) is 5.69 Å². The number of hydrogen-bond acceptors (Lipinski definition) is 2. The molecule has 0 saturated heterocycles. The van der Waals surface area contributed by atoms with E-state index >= 15 is 0 Å². The summed E-state index contributed by atoms with van der Waals surface area (Å²) < 4.78 is 18.3. The summed E-state index contributed by atoms with van der Waals surface area (Å²) in [5.41, 5.74) is -0.753. The van der Waals surface area contributed by atoms with Crippen LogP contribution in [0.4, 0.5) is 4.39 Å². The fourth-order valence-corrected chi connectivity index (χ4v) is 0.909. The van der Waals surface area contributed by atoms with Gasteiger partial charge in [0.2, 0.25) is 0 Å². The van der Waals surface area contributed by atoms with Gasteiger partial charge in [0.05, 0.1) is 5.69 Å². The predicted molar refractivity (Wildman–Crippen MR) is 49.3 cm³/mol. The zero-order valence-electron chi connectivity index (χ0n) is 8.81. The molecule has 0 N–H and O–H groups in total. The number of alkyl halides is 1. The van der Waals surface area contributed by atoms with E-state index in [1.807, 2.05) is 20.8 Å². The van der Waals surface area contributed by atoms with Gasteiger partial charge in [0, 0.05) is 11.5 Å². The second-order valence-corrected chi connectivity index (χ2v) is 4.80. The largest absolute Gasteiger partial charge is 0.358 e. The van der Waals surface area contributed by atoms with Crippen LogP contribution in [0.3, 0.4) is 0 Å². The molecule has 74 valence electrons. The van der Waals surface area contributed by atoms with E-state index in [-0.39, 0.29) is 11.2 Å². The van der Waals surface area contributed by atoms with Crippen molar-refractivity contribution in [3.63, 3.8) is 0 Å². The van der Waals surface area contributed by atoms with E-state index in [1.165, 1.54) is 13.8 Å². The van der Waals surface area contributed by atoms with E-state index in [9.17, 15) is 4.39 Å². The Kier molecular flexibility index (Phi) is 2.22. The summed E-state index contributed by atoms with van der Waals surface area (Å²) in [4.78, 5) is 0. The Morgan fingerprint density at radius 1 is 1.23 bits per heavy atom. The molecule has 13 heavy (non-hydrogen) atoms. The molecule has 0 atom stereocenters. The Hall–Kier alpha value is -0.860. The molecular weight excluding hydrogens is 169 g/mol. The first-order valence-electron chi connectivity index (χ1n) is 4.38. The lowest BCUT2D eigenvalue weighted by Gasteiger charge is -2.13. The highest BCUT2D eigenvalue weighted by Crippen LogP contribution is 2.29. The van der Waals surface area contributed by atoms with Crippen LogP contribution >= 0.6 is 0 Å². The van der Waals surface area contributed by atoms with Crippen LogP contribution in [0, 0.1) is 0 Å². The SMILES string of the molecule is CC(C)(C)c1cc(C(C)(C)F)on1. The molecule has 0 aliphatic heterocycles. The Bertz CT molecular complexity index is 262. The smallest absolute Gasteiger partial charge is 0.173 e. The summed E-state index contributed by atoms with van der Waals surface area (Å²) in [6.45, 7) is 8.96. The average molecular weight is 185 g/mol. The van der Waals surface area contributed by atoms with Gasteiger partial charge in [-0.25, -0.2) is 4.39 Å². The molecule has 0 radical (unpaired) electrons. The molecule has 1 rings (SSSR count). The van der Waals surface area contributed by atoms with E-state index in [2.05, 4.69) is 5.16 Å². The molecule has 1 heterocycles. The first-order chi connectivity index (χ1) is 5.71. The highest BCUT2D eigenvalue weighted by molar-refractivity contribution is 5.17. The fraction of sp³-hybridized carbons (Fsp3) is 0.700. The summed E-state index contributed by atoms with van der Waals surface area (Å²) in [7, 11) is 0. The minimum Gasteiger partial charge on any atom is -0.358 e. The van der Waals surface area contributed by atoms with Crippen molar-refractivity contribution in [2.24, 2.45) is 0 Å². The van der Waals surface area contributed by atoms with Crippen LogP contribution in [0.1, 0.15) is 46.1 Å². The molecule has 0 spiro atoms. The van der Waals surface area contributed by atoms with Gasteiger partial charge in [0.15, 0.2) is 11.4 Å². The second kappa shape index (κ2) is 2.82. The van der Waals surface area contributed by atoms with Gasteiger partial charge in [-0.05, 0) is 13.8 Å². The number of halogens is 1.